The van der Waals surface area contributed by atoms with Crippen molar-refractivity contribution in [2.45, 2.75) is 13.0 Å². The third kappa shape index (κ3) is 3.18. The molecular formula is C9H12BrClN2. The average molecular weight is 264 g/mol. The minimum Gasteiger partial charge on any atom is -0.380 e. The first-order chi connectivity index (χ1) is 6.13. The maximum atomic E-state index is 5.85. The standard InChI is InChI=1S/C9H12BrClN2/c1-6(5-12)13-9-4-7(11)2-3-8(9)10/h2-4,6,13H,5,12H2,1H3. The van der Waals surface area contributed by atoms with Crippen LogP contribution < -0.4 is 11.1 Å². The van der Waals surface area contributed by atoms with Crippen molar-refractivity contribution in [3.05, 3.63) is 27.7 Å². The van der Waals surface area contributed by atoms with Crippen molar-refractivity contribution in [2.24, 2.45) is 5.73 Å². The van der Waals surface area contributed by atoms with Crippen LogP contribution in [0.4, 0.5) is 5.69 Å². The highest BCUT2D eigenvalue weighted by Gasteiger charge is 2.03. The van der Waals surface area contributed by atoms with Crippen LogP contribution in [0.1, 0.15) is 6.92 Å². The van der Waals surface area contributed by atoms with E-state index in [1.165, 1.54) is 0 Å². The number of anilines is 1. The number of nitrogens with one attached hydrogen (secondary N) is 1. The van der Waals surface area contributed by atoms with Gasteiger partial charge >= 0.3 is 0 Å². The molecule has 0 aliphatic carbocycles. The second-order valence-corrected chi connectivity index (χ2v) is 4.20. The van der Waals surface area contributed by atoms with Crippen LogP contribution in [0, 0.1) is 0 Å². The second-order valence-electron chi connectivity index (χ2n) is 2.91. The number of nitrogens with two attached hydrogens (primary N) is 1. The molecule has 13 heavy (non-hydrogen) atoms. The molecule has 0 heterocycles. The topological polar surface area (TPSA) is 38.0 Å². The van der Waals surface area contributed by atoms with Gasteiger partial charge in [-0.3, -0.25) is 0 Å². The van der Waals surface area contributed by atoms with Gasteiger partial charge in [0.05, 0.1) is 5.69 Å². The van der Waals surface area contributed by atoms with Crippen LogP contribution in [0.5, 0.6) is 0 Å². The van der Waals surface area contributed by atoms with Gasteiger partial charge in [0.15, 0.2) is 0 Å². The summed E-state index contributed by atoms with van der Waals surface area (Å²) < 4.78 is 0.997. The molecule has 1 aromatic carbocycles. The van der Waals surface area contributed by atoms with Crippen molar-refractivity contribution in [3.8, 4) is 0 Å². The van der Waals surface area contributed by atoms with Gasteiger partial charge in [-0.2, -0.15) is 0 Å². The van der Waals surface area contributed by atoms with Gasteiger partial charge < -0.3 is 11.1 Å². The summed E-state index contributed by atoms with van der Waals surface area (Å²) in [5.74, 6) is 0. The number of halogens is 2. The van der Waals surface area contributed by atoms with Crippen molar-refractivity contribution < 1.29 is 0 Å². The first-order valence-electron chi connectivity index (χ1n) is 4.05. The van der Waals surface area contributed by atoms with E-state index >= 15 is 0 Å². The van der Waals surface area contributed by atoms with Crippen LogP contribution in [0.25, 0.3) is 0 Å². The molecule has 0 aliphatic heterocycles. The predicted molar refractivity (Wildman–Crippen MR) is 61.3 cm³/mol. The van der Waals surface area contributed by atoms with Gasteiger partial charge in [0.25, 0.3) is 0 Å². The molecule has 3 N–H and O–H groups in total. The summed E-state index contributed by atoms with van der Waals surface area (Å²) in [6, 6.07) is 5.87. The SMILES string of the molecule is CC(CN)Nc1cc(Cl)ccc1Br. The third-order valence-corrected chi connectivity index (χ3v) is 2.61. The lowest BCUT2D eigenvalue weighted by Gasteiger charge is -2.14. The van der Waals surface area contributed by atoms with Gasteiger partial charge in [-0.15, -0.1) is 0 Å². The molecule has 72 valence electrons. The molecule has 0 bridgehead atoms. The third-order valence-electron chi connectivity index (χ3n) is 1.68. The number of hydrogen-bond donors (Lipinski definition) is 2. The molecule has 1 unspecified atom stereocenters. The molecule has 0 saturated carbocycles. The summed E-state index contributed by atoms with van der Waals surface area (Å²) in [5, 5.41) is 3.96. The summed E-state index contributed by atoms with van der Waals surface area (Å²) in [7, 11) is 0. The van der Waals surface area contributed by atoms with Gasteiger partial charge in [-0.05, 0) is 41.1 Å². The van der Waals surface area contributed by atoms with Crippen molar-refractivity contribution in [1.82, 2.24) is 0 Å². The Morgan fingerprint density at radius 2 is 2.31 bits per heavy atom. The maximum absolute atomic E-state index is 5.85. The van der Waals surface area contributed by atoms with Crippen molar-refractivity contribution in [1.29, 1.82) is 0 Å². The molecule has 2 nitrogen and oxygen atoms in total. The fourth-order valence-electron chi connectivity index (χ4n) is 0.932. The lowest BCUT2D eigenvalue weighted by Crippen LogP contribution is -2.25. The highest BCUT2D eigenvalue weighted by Crippen LogP contribution is 2.26. The van der Waals surface area contributed by atoms with E-state index in [2.05, 4.69) is 21.2 Å². The van der Waals surface area contributed by atoms with Crippen LogP contribution in [0.15, 0.2) is 22.7 Å². The Morgan fingerprint density at radius 1 is 1.62 bits per heavy atom. The van der Waals surface area contributed by atoms with E-state index < -0.39 is 0 Å². The quantitative estimate of drug-likeness (QED) is 0.880. The van der Waals surface area contributed by atoms with E-state index in [0.717, 1.165) is 15.2 Å². The molecular weight excluding hydrogens is 251 g/mol. The zero-order valence-corrected chi connectivity index (χ0v) is 9.69. The molecule has 0 fully saturated rings. The van der Waals surface area contributed by atoms with Gasteiger partial charge in [0.2, 0.25) is 0 Å². The molecule has 0 aliphatic rings. The van der Waals surface area contributed by atoms with E-state index in [4.69, 9.17) is 17.3 Å². The largest absolute Gasteiger partial charge is 0.380 e. The van der Waals surface area contributed by atoms with Gasteiger partial charge in [-0.25, -0.2) is 0 Å². The fraction of sp³-hybridized carbons (Fsp3) is 0.333. The molecule has 0 aromatic heterocycles. The van der Waals surface area contributed by atoms with E-state index in [1.807, 2.05) is 25.1 Å². The lowest BCUT2D eigenvalue weighted by molar-refractivity contribution is 0.803. The Hall–Kier alpha value is -0.250. The first kappa shape index (κ1) is 10.8. The fourth-order valence-corrected chi connectivity index (χ4v) is 1.47. The normalized spacial score (nSPS) is 12.6. The monoisotopic (exact) mass is 262 g/mol. The van der Waals surface area contributed by atoms with E-state index in [0.29, 0.717) is 6.54 Å². The summed E-state index contributed by atoms with van der Waals surface area (Å²) >= 11 is 9.28. The molecule has 1 aromatic rings. The van der Waals surface area contributed by atoms with Gasteiger partial charge in [-0.1, -0.05) is 11.6 Å². The number of rotatable bonds is 3. The Bertz CT molecular complexity index is 291. The van der Waals surface area contributed by atoms with Crippen molar-refractivity contribution in [3.63, 3.8) is 0 Å². The Morgan fingerprint density at radius 3 is 2.92 bits per heavy atom. The second kappa shape index (κ2) is 4.84. The molecule has 4 heteroatoms. The van der Waals surface area contributed by atoms with Gasteiger partial charge in [0, 0.05) is 22.1 Å². The minimum absolute atomic E-state index is 0.245. The summed E-state index contributed by atoms with van der Waals surface area (Å²) in [4.78, 5) is 0. The molecule has 1 atom stereocenters. The Kier molecular flexibility index (Phi) is 4.03. The molecule has 1 rings (SSSR count). The predicted octanol–water partition coefficient (Wildman–Crippen LogP) is 2.86. The smallest absolute Gasteiger partial charge is 0.0502 e. The van der Waals surface area contributed by atoms with E-state index in [-0.39, 0.29) is 6.04 Å². The Labute approximate surface area is 91.6 Å². The number of benzene rings is 1. The first-order valence-corrected chi connectivity index (χ1v) is 5.22. The van der Waals surface area contributed by atoms with Crippen molar-refractivity contribution in [2.75, 3.05) is 11.9 Å². The molecule has 0 saturated heterocycles. The lowest BCUT2D eigenvalue weighted by atomic mass is 10.2. The van der Waals surface area contributed by atoms with Crippen LogP contribution in [-0.2, 0) is 0 Å². The van der Waals surface area contributed by atoms with Crippen molar-refractivity contribution >= 4 is 33.2 Å². The maximum Gasteiger partial charge on any atom is 0.0502 e. The van der Waals surface area contributed by atoms with Crippen LogP contribution in [-0.4, -0.2) is 12.6 Å². The zero-order chi connectivity index (χ0) is 9.84. The molecule has 0 spiro atoms. The highest BCUT2D eigenvalue weighted by molar-refractivity contribution is 9.10. The van der Waals surface area contributed by atoms with Crippen LogP contribution in [0.3, 0.4) is 0 Å². The summed E-state index contributed by atoms with van der Waals surface area (Å²) in [6.45, 7) is 2.62. The Balaban J connectivity index is 2.81. The average Bonchev–Trinajstić information content (AvgIpc) is 2.11. The number of hydrogen-bond acceptors (Lipinski definition) is 2. The summed E-state index contributed by atoms with van der Waals surface area (Å²) in [6.07, 6.45) is 0. The highest BCUT2D eigenvalue weighted by atomic mass is 79.9. The van der Waals surface area contributed by atoms with Gasteiger partial charge in [0.1, 0.15) is 0 Å². The molecule has 0 radical (unpaired) electrons. The van der Waals surface area contributed by atoms with Crippen LogP contribution >= 0.6 is 27.5 Å². The summed E-state index contributed by atoms with van der Waals surface area (Å²) in [5.41, 5.74) is 6.47. The van der Waals surface area contributed by atoms with E-state index in [9.17, 15) is 0 Å². The van der Waals surface area contributed by atoms with E-state index in [1.54, 1.807) is 0 Å². The van der Waals surface area contributed by atoms with Crippen LogP contribution in [0.2, 0.25) is 5.02 Å². The zero-order valence-electron chi connectivity index (χ0n) is 7.35. The minimum atomic E-state index is 0.245. The molecule has 0 amide bonds.